The highest BCUT2D eigenvalue weighted by Gasteiger charge is 2.06. The third-order valence-electron chi connectivity index (χ3n) is 3.85. The van der Waals surface area contributed by atoms with E-state index in [1.807, 2.05) is 54.9 Å². The number of hydrogen-bond donors (Lipinski definition) is 1. The van der Waals surface area contributed by atoms with Crippen LogP contribution in [0.25, 0.3) is 22.5 Å². The normalized spacial score (nSPS) is 10.7. The molecule has 0 aliphatic heterocycles. The smallest absolute Gasteiger partial charge is 0.112 e. The van der Waals surface area contributed by atoms with Gasteiger partial charge in [0.05, 0.1) is 17.6 Å². The Morgan fingerprint density at radius 2 is 1.58 bits per heavy atom. The van der Waals surface area contributed by atoms with Gasteiger partial charge in [0.15, 0.2) is 0 Å². The molecule has 0 aliphatic carbocycles. The fraction of sp³-hybridized carbons (Fsp3) is 0.0500. The van der Waals surface area contributed by atoms with Gasteiger partial charge < -0.3 is 4.98 Å². The molecule has 4 aromatic rings. The maximum Gasteiger partial charge on any atom is 0.112 e. The molecule has 0 aliphatic rings. The Hall–Kier alpha value is -3.27. The lowest BCUT2D eigenvalue weighted by molar-refractivity contribution is 0.977. The van der Waals surface area contributed by atoms with Gasteiger partial charge in [0.2, 0.25) is 0 Å². The number of imidazole rings is 1. The molecule has 4 rings (SSSR count). The molecule has 0 unspecified atom stereocenters. The second-order valence-corrected chi connectivity index (χ2v) is 5.54. The van der Waals surface area contributed by atoms with Crippen molar-refractivity contribution in [2.24, 2.45) is 0 Å². The van der Waals surface area contributed by atoms with Crippen LogP contribution in [-0.2, 0) is 6.42 Å². The number of pyridine rings is 2. The van der Waals surface area contributed by atoms with E-state index in [4.69, 9.17) is 0 Å². The second kappa shape index (κ2) is 6.46. The molecule has 3 aromatic heterocycles. The van der Waals surface area contributed by atoms with Crippen molar-refractivity contribution in [1.82, 2.24) is 19.9 Å². The van der Waals surface area contributed by atoms with E-state index in [0.717, 1.165) is 34.0 Å². The molecule has 116 valence electrons. The van der Waals surface area contributed by atoms with Crippen molar-refractivity contribution in [3.05, 3.63) is 90.8 Å². The van der Waals surface area contributed by atoms with E-state index in [0.29, 0.717) is 6.42 Å². The first-order chi connectivity index (χ1) is 11.9. The van der Waals surface area contributed by atoms with Crippen LogP contribution in [0.4, 0.5) is 0 Å². The van der Waals surface area contributed by atoms with Crippen LogP contribution in [-0.4, -0.2) is 19.9 Å². The highest BCUT2D eigenvalue weighted by Crippen LogP contribution is 2.21. The zero-order valence-corrected chi connectivity index (χ0v) is 13.1. The lowest BCUT2D eigenvalue weighted by Crippen LogP contribution is -1.93. The molecule has 0 saturated carbocycles. The van der Waals surface area contributed by atoms with Crippen LogP contribution in [0.15, 0.2) is 79.3 Å². The Balaban J connectivity index is 1.54. The Kier molecular flexibility index (Phi) is 3.86. The number of benzene rings is 1. The van der Waals surface area contributed by atoms with Crippen LogP contribution < -0.4 is 0 Å². The van der Waals surface area contributed by atoms with E-state index in [-0.39, 0.29) is 0 Å². The lowest BCUT2D eigenvalue weighted by atomic mass is 10.1. The zero-order chi connectivity index (χ0) is 16.2. The quantitative estimate of drug-likeness (QED) is 0.616. The van der Waals surface area contributed by atoms with E-state index < -0.39 is 0 Å². The van der Waals surface area contributed by atoms with Gasteiger partial charge in [-0.05, 0) is 24.3 Å². The van der Waals surface area contributed by atoms with Crippen LogP contribution >= 0.6 is 0 Å². The summed E-state index contributed by atoms with van der Waals surface area (Å²) in [4.78, 5) is 16.7. The predicted octanol–water partition coefficient (Wildman–Crippen LogP) is 4.12. The summed E-state index contributed by atoms with van der Waals surface area (Å²) >= 11 is 0. The summed E-state index contributed by atoms with van der Waals surface area (Å²) < 4.78 is 0. The minimum atomic E-state index is 0.691. The van der Waals surface area contributed by atoms with Crippen LogP contribution in [0.2, 0.25) is 0 Å². The minimum absolute atomic E-state index is 0.691. The SMILES string of the molecule is c1ccc(-c2ccc(-c3cnc(Cc4ccccn4)[nH]3)cn2)cc1. The number of nitrogens with zero attached hydrogens (tertiary/aromatic N) is 3. The number of aromatic nitrogens is 4. The van der Waals surface area contributed by atoms with Crippen molar-refractivity contribution < 1.29 is 0 Å². The number of rotatable bonds is 4. The van der Waals surface area contributed by atoms with Crippen LogP contribution in [0.3, 0.4) is 0 Å². The molecule has 0 bridgehead atoms. The van der Waals surface area contributed by atoms with Gasteiger partial charge in [-0.15, -0.1) is 0 Å². The third kappa shape index (κ3) is 3.08. The van der Waals surface area contributed by atoms with Gasteiger partial charge in [-0.2, -0.15) is 0 Å². The van der Waals surface area contributed by atoms with Gasteiger partial charge in [0.25, 0.3) is 0 Å². The van der Waals surface area contributed by atoms with E-state index in [9.17, 15) is 0 Å². The monoisotopic (exact) mass is 312 g/mol. The summed E-state index contributed by atoms with van der Waals surface area (Å²) in [5.41, 5.74) is 5.07. The highest BCUT2D eigenvalue weighted by atomic mass is 14.9. The van der Waals surface area contributed by atoms with Crippen molar-refractivity contribution in [2.75, 3.05) is 0 Å². The van der Waals surface area contributed by atoms with Gasteiger partial charge in [0.1, 0.15) is 5.82 Å². The highest BCUT2D eigenvalue weighted by molar-refractivity contribution is 5.64. The average Bonchev–Trinajstić information content (AvgIpc) is 3.12. The van der Waals surface area contributed by atoms with Crippen molar-refractivity contribution >= 4 is 0 Å². The summed E-state index contributed by atoms with van der Waals surface area (Å²) in [6.07, 6.45) is 6.21. The molecule has 0 fully saturated rings. The molecule has 1 aromatic carbocycles. The molecule has 4 heteroatoms. The molecule has 4 nitrogen and oxygen atoms in total. The second-order valence-electron chi connectivity index (χ2n) is 5.54. The Bertz CT molecular complexity index is 913. The van der Waals surface area contributed by atoms with Gasteiger partial charge in [-0.25, -0.2) is 4.98 Å². The molecule has 0 amide bonds. The fourth-order valence-corrected chi connectivity index (χ4v) is 2.61. The van der Waals surface area contributed by atoms with Gasteiger partial charge in [-0.1, -0.05) is 36.4 Å². The topological polar surface area (TPSA) is 54.5 Å². The van der Waals surface area contributed by atoms with E-state index in [1.165, 1.54) is 0 Å². The summed E-state index contributed by atoms with van der Waals surface area (Å²) in [5, 5.41) is 0. The molecule has 24 heavy (non-hydrogen) atoms. The summed E-state index contributed by atoms with van der Waals surface area (Å²) in [7, 11) is 0. The summed E-state index contributed by atoms with van der Waals surface area (Å²) in [6.45, 7) is 0. The predicted molar refractivity (Wildman–Crippen MR) is 94.3 cm³/mol. The number of nitrogens with one attached hydrogen (secondary N) is 1. The standard InChI is InChI=1S/C20H16N4/c1-2-6-15(7-3-1)18-10-9-16(13-22-18)19-14-23-20(24-19)12-17-8-4-5-11-21-17/h1-11,13-14H,12H2,(H,23,24). The lowest BCUT2D eigenvalue weighted by Gasteiger charge is -2.02. The van der Waals surface area contributed by atoms with Gasteiger partial charge in [0, 0.05) is 35.6 Å². The van der Waals surface area contributed by atoms with Gasteiger partial charge in [-0.3, -0.25) is 9.97 Å². The van der Waals surface area contributed by atoms with Crippen LogP contribution in [0.5, 0.6) is 0 Å². The van der Waals surface area contributed by atoms with Crippen molar-refractivity contribution in [2.45, 2.75) is 6.42 Å². The Morgan fingerprint density at radius 3 is 2.33 bits per heavy atom. The molecule has 1 N–H and O–H groups in total. The molecule has 0 saturated heterocycles. The van der Waals surface area contributed by atoms with E-state index in [2.05, 4.69) is 38.1 Å². The summed E-state index contributed by atoms with van der Waals surface area (Å²) in [6, 6.07) is 20.1. The molecule has 0 atom stereocenters. The zero-order valence-electron chi connectivity index (χ0n) is 13.1. The number of hydrogen-bond acceptors (Lipinski definition) is 3. The van der Waals surface area contributed by atoms with E-state index >= 15 is 0 Å². The minimum Gasteiger partial charge on any atom is -0.342 e. The van der Waals surface area contributed by atoms with Crippen molar-refractivity contribution in [3.8, 4) is 22.5 Å². The molecule has 0 spiro atoms. The van der Waals surface area contributed by atoms with Crippen LogP contribution in [0, 0.1) is 0 Å². The Labute approximate surface area is 140 Å². The van der Waals surface area contributed by atoms with Crippen molar-refractivity contribution in [1.29, 1.82) is 0 Å². The van der Waals surface area contributed by atoms with Gasteiger partial charge >= 0.3 is 0 Å². The first-order valence-electron chi connectivity index (χ1n) is 7.84. The molecular weight excluding hydrogens is 296 g/mol. The average molecular weight is 312 g/mol. The van der Waals surface area contributed by atoms with Crippen LogP contribution in [0.1, 0.15) is 11.5 Å². The van der Waals surface area contributed by atoms with Crippen molar-refractivity contribution in [3.63, 3.8) is 0 Å². The number of H-pyrrole nitrogens is 1. The first-order valence-corrected chi connectivity index (χ1v) is 7.84. The first kappa shape index (κ1) is 14.3. The third-order valence-corrected chi connectivity index (χ3v) is 3.85. The molecule has 3 heterocycles. The Morgan fingerprint density at radius 1 is 0.708 bits per heavy atom. The molecule has 0 radical (unpaired) electrons. The maximum absolute atomic E-state index is 4.56. The fourth-order valence-electron chi connectivity index (χ4n) is 2.61. The maximum atomic E-state index is 4.56. The largest absolute Gasteiger partial charge is 0.342 e. The summed E-state index contributed by atoms with van der Waals surface area (Å²) in [5.74, 6) is 0.899. The number of aromatic amines is 1. The molecular formula is C20H16N4. The van der Waals surface area contributed by atoms with E-state index in [1.54, 1.807) is 6.20 Å².